The second-order valence-electron chi connectivity index (χ2n) is 5.94. The highest BCUT2D eigenvalue weighted by Gasteiger charge is 2.23. The number of benzene rings is 1. The molecule has 0 bridgehead atoms. The summed E-state index contributed by atoms with van der Waals surface area (Å²) in [6.07, 6.45) is 1.16. The first-order valence-electron chi connectivity index (χ1n) is 8.10. The summed E-state index contributed by atoms with van der Waals surface area (Å²) >= 11 is 0. The van der Waals surface area contributed by atoms with E-state index in [4.69, 9.17) is 10.8 Å². The van der Waals surface area contributed by atoms with Gasteiger partial charge in [-0.25, -0.2) is 4.79 Å². The second kappa shape index (κ2) is 8.81. The first-order valence-corrected chi connectivity index (χ1v) is 8.10. The smallest absolute Gasteiger partial charge is 0.326 e. The Morgan fingerprint density at radius 1 is 1.15 bits per heavy atom. The summed E-state index contributed by atoms with van der Waals surface area (Å²) in [5.74, 6) is -4.00. The van der Waals surface area contributed by atoms with E-state index in [9.17, 15) is 24.3 Å². The second-order valence-corrected chi connectivity index (χ2v) is 5.94. The molecule has 1 aromatic heterocycles. The summed E-state index contributed by atoms with van der Waals surface area (Å²) in [7, 11) is 0. The molecule has 0 aliphatic carbocycles. The van der Waals surface area contributed by atoms with Crippen molar-refractivity contribution in [1.82, 2.24) is 15.6 Å². The molecule has 0 spiro atoms. The lowest BCUT2D eigenvalue weighted by Gasteiger charge is -2.15. The molecule has 0 fully saturated rings. The molecule has 2 aromatic rings. The van der Waals surface area contributed by atoms with Crippen LogP contribution in [-0.4, -0.2) is 57.6 Å². The summed E-state index contributed by atoms with van der Waals surface area (Å²) in [5, 5.41) is 23.3. The Labute approximate surface area is 153 Å². The van der Waals surface area contributed by atoms with Gasteiger partial charge in [-0.3, -0.25) is 14.4 Å². The number of amides is 2. The number of aromatic amines is 1. The zero-order valence-electron chi connectivity index (χ0n) is 14.3. The van der Waals surface area contributed by atoms with Gasteiger partial charge in [0.25, 0.3) is 0 Å². The predicted octanol–water partition coefficient (Wildman–Crippen LogP) is -0.802. The molecule has 2 amide bonds. The Kier molecular flexibility index (Phi) is 6.50. The summed E-state index contributed by atoms with van der Waals surface area (Å²) in [4.78, 5) is 48.6. The molecule has 2 rings (SSSR count). The summed E-state index contributed by atoms with van der Waals surface area (Å²) in [6, 6.07) is 4.87. The lowest BCUT2D eigenvalue weighted by atomic mass is 10.0. The van der Waals surface area contributed by atoms with E-state index in [0.29, 0.717) is 0 Å². The zero-order valence-corrected chi connectivity index (χ0v) is 14.3. The van der Waals surface area contributed by atoms with Gasteiger partial charge >= 0.3 is 11.9 Å². The largest absolute Gasteiger partial charge is 0.481 e. The molecule has 0 saturated heterocycles. The van der Waals surface area contributed by atoms with Crippen molar-refractivity contribution < 1.29 is 29.4 Å². The number of hydrogen-bond donors (Lipinski definition) is 6. The molecule has 0 aliphatic heterocycles. The van der Waals surface area contributed by atoms with Crippen LogP contribution in [0, 0.1) is 0 Å². The van der Waals surface area contributed by atoms with Gasteiger partial charge in [-0.1, -0.05) is 18.2 Å². The number of H-pyrrole nitrogens is 1. The van der Waals surface area contributed by atoms with E-state index in [-0.39, 0.29) is 6.42 Å². The fraction of sp³-hybridized carbons (Fsp3) is 0.294. The predicted molar refractivity (Wildman–Crippen MR) is 94.8 cm³/mol. The van der Waals surface area contributed by atoms with Gasteiger partial charge in [-0.05, 0) is 11.6 Å². The number of carboxylic acids is 2. The molecule has 0 radical (unpaired) electrons. The number of carbonyl (C=O) groups excluding carboxylic acids is 2. The number of aliphatic carboxylic acids is 2. The minimum Gasteiger partial charge on any atom is -0.481 e. The minimum atomic E-state index is -1.29. The van der Waals surface area contributed by atoms with E-state index in [1.807, 2.05) is 24.3 Å². The molecule has 2 atom stereocenters. The van der Waals surface area contributed by atoms with Gasteiger partial charge < -0.3 is 31.6 Å². The highest BCUT2D eigenvalue weighted by atomic mass is 16.4. The molecular formula is C17H20N4O6. The third-order valence-corrected chi connectivity index (χ3v) is 3.89. The molecule has 0 aliphatic rings. The van der Waals surface area contributed by atoms with Crippen LogP contribution in [0.5, 0.6) is 0 Å². The van der Waals surface area contributed by atoms with Crippen molar-refractivity contribution in [3.63, 3.8) is 0 Å². The van der Waals surface area contributed by atoms with Crippen LogP contribution >= 0.6 is 0 Å². The third kappa shape index (κ3) is 5.54. The highest BCUT2D eigenvalue weighted by molar-refractivity contribution is 5.91. The quantitative estimate of drug-likeness (QED) is 0.332. The third-order valence-electron chi connectivity index (χ3n) is 3.89. The normalized spacial score (nSPS) is 12.9. The van der Waals surface area contributed by atoms with Gasteiger partial charge in [0, 0.05) is 23.5 Å². The molecule has 27 heavy (non-hydrogen) atoms. The maximum Gasteiger partial charge on any atom is 0.326 e. The van der Waals surface area contributed by atoms with Crippen molar-refractivity contribution in [2.45, 2.75) is 24.9 Å². The van der Waals surface area contributed by atoms with Crippen LogP contribution in [0.15, 0.2) is 30.5 Å². The average molecular weight is 376 g/mol. The monoisotopic (exact) mass is 376 g/mol. The van der Waals surface area contributed by atoms with Crippen LogP contribution in [0.4, 0.5) is 0 Å². The van der Waals surface area contributed by atoms with Crippen LogP contribution in [0.2, 0.25) is 0 Å². The van der Waals surface area contributed by atoms with Gasteiger partial charge in [0.15, 0.2) is 0 Å². The fourth-order valence-corrected chi connectivity index (χ4v) is 2.55. The first kappa shape index (κ1) is 19.9. The van der Waals surface area contributed by atoms with E-state index < -0.39 is 48.8 Å². The number of rotatable bonds is 9. The number of para-hydroxylation sites is 1. The Bertz CT molecular complexity index is 862. The van der Waals surface area contributed by atoms with Gasteiger partial charge in [0.2, 0.25) is 11.8 Å². The molecule has 0 unspecified atom stereocenters. The lowest BCUT2D eigenvalue weighted by Crippen LogP contribution is -2.49. The summed E-state index contributed by atoms with van der Waals surface area (Å²) in [5.41, 5.74) is 6.95. The Hall–Kier alpha value is -3.40. The zero-order chi connectivity index (χ0) is 20.0. The van der Waals surface area contributed by atoms with Crippen molar-refractivity contribution in [3.8, 4) is 0 Å². The maximum absolute atomic E-state index is 11.9. The van der Waals surface area contributed by atoms with Gasteiger partial charge in [-0.15, -0.1) is 0 Å². The summed E-state index contributed by atoms with van der Waals surface area (Å²) in [6.45, 7) is -0.510. The van der Waals surface area contributed by atoms with Crippen molar-refractivity contribution in [1.29, 1.82) is 0 Å². The van der Waals surface area contributed by atoms with E-state index in [2.05, 4.69) is 15.6 Å². The fourth-order valence-electron chi connectivity index (χ4n) is 2.55. The minimum absolute atomic E-state index is 0.0531. The number of nitrogens with one attached hydrogen (secondary N) is 3. The van der Waals surface area contributed by atoms with Gasteiger partial charge in [0.1, 0.15) is 6.04 Å². The van der Waals surface area contributed by atoms with E-state index in [1.54, 1.807) is 6.20 Å². The molecular weight excluding hydrogens is 356 g/mol. The van der Waals surface area contributed by atoms with Gasteiger partial charge in [-0.2, -0.15) is 0 Å². The van der Waals surface area contributed by atoms with Crippen molar-refractivity contribution in [2.75, 3.05) is 6.54 Å². The van der Waals surface area contributed by atoms with Crippen LogP contribution < -0.4 is 16.4 Å². The molecule has 0 saturated carbocycles. The number of hydrogen-bond acceptors (Lipinski definition) is 5. The topological polar surface area (TPSA) is 175 Å². The Balaban J connectivity index is 1.93. The van der Waals surface area contributed by atoms with Crippen molar-refractivity contribution in [2.24, 2.45) is 5.73 Å². The average Bonchev–Trinajstić information content (AvgIpc) is 3.01. The number of fused-ring (bicyclic) bond motifs is 1. The highest BCUT2D eigenvalue weighted by Crippen LogP contribution is 2.19. The Morgan fingerprint density at radius 2 is 1.85 bits per heavy atom. The summed E-state index contributed by atoms with van der Waals surface area (Å²) < 4.78 is 0. The van der Waals surface area contributed by atoms with Crippen LogP contribution in [0.1, 0.15) is 12.0 Å². The SMILES string of the molecule is N[C@@H](CC(=O)O)C(=O)NCC(=O)N[C@@H](Cc1c[nH]c2ccccc12)C(=O)O. The van der Waals surface area contributed by atoms with Gasteiger partial charge in [0.05, 0.1) is 19.0 Å². The molecule has 10 heteroatoms. The number of carbonyl (C=O) groups is 4. The van der Waals surface area contributed by atoms with Crippen LogP contribution in [0.3, 0.4) is 0 Å². The van der Waals surface area contributed by atoms with E-state index >= 15 is 0 Å². The molecule has 7 N–H and O–H groups in total. The molecule has 1 heterocycles. The van der Waals surface area contributed by atoms with Crippen molar-refractivity contribution in [3.05, 3.63) is 36.0 Å². The number of carboxylic acid groups (broad SMARTS) is 2. The standard InChI is InChI=1S/C17H20N4O6/c18-11(6-15(23)24)16(25)20-8-14(22)21-13(17(26)27)5-9-7-19-12-4-2-1-3-10(9)12/h1-4,7,11,13,19H,5-6,8,18H2,(H,20,25)(H,21,22)(H,23,24)(H,26,27)/t11-,13-/m0/s1. The molecule has 10 nitrogen and oxygen atoms in total. The molecule has 144 valence electrons. The lowest BCUT2D eigenvalue weighted by molar-refractivity contribution is -0.142. The van der Waals surface area contributed by atoms with E-state index in [0.717, 1.165) is 16.5 Å². The number of aromatic nitrogens is 1. The van der Waals surface area contributed by atoms with E-state index in [1.165, 1.54) is 0 Å². The van der Waals surface area contributed by atoms with Crippen molar-refractivity contribution >= 4 is 34.7 Å². The first-order chi connectivity index (χ1) is 12.8. The van der Waals surface area contributed by atoms with Crippen LogP contribution in [-0.2, 0) is 25.6 Å². The number of nitrogens with two attached hydrogens (primary N) is 1. The molecule has 1 aromatic carbocycles. The van der Waals surface area contributed by atoms with Crippen LogP contribution in [0.25, 0.3) is 10.9 Å². The Morgan fingerprint density at radius 3 is 2.52 bits per heavy atom. The maximum atomic E-state index is 11.9.